The summed E-state index contributed by atoms with van der Waals surface area (Å²) < 4.78 is 26.3. The van der Waals surface area contributed by atoms with E-state index in [0.29, 0.717) is 6.54 Å². The van der Waals surface area contributed by atoms with Gasteiger partial charge >= 0.3 is 0 Å². The van der Waals surface area contributed by atoms with Gasteiger partial charge in [0, 0.05) is 31.8 Å². The van der Waals surface area contributed by atoms with Gasteiger partial charge in [-0.15, -0.1) is 0 Å². The van der Waals surface area contributed by atoms with Crippen LogP contribution in [0.25, 0.3) is 6.08 Å². The van der Waals surface area contributed by atoms with E-state index in [0.717, 1.165) is 43.1 Å². The molecule has 3 nitrogen and oxygen atoms in total. The second kappa shape index (κ2) is 8.72. The predicted molar refractivity (Wildman–Crippen MR) is 98.3 cm³/mol. The second-order valence-electron chi connectivity index (χ2n) is 6.55. The highest BCUT2D eigenvalue weighted by atomic mass is 19.2. The Morgan fingerprint density at radius 2 is 1.81 bits per heavy atom. The van der Waals surface area contributed by atoms with Gasteiger partial charge < -0.3 is 5.32 Å². The van der Waals surface area contributed by atoms with Crippen molar-refractivity contribution in [2.45, 2.75) is 25.4 Å². The van der Waals surface area contributed by atoms with Crippen LogP contribution in [0.5, 0.6) is 0 Å². The fourth-order valence-electron chi connectivity index (χ4n) is 3.12. The summed E-state index contributed by atoms with van der Waals surface area (Å²) in [5.41, 5.74) is 1.75. The van der Waals surface area contributed by atoms with Gasteiger partial charge in [0.2, 0.25) is 5.91 Å². The van der Waals surface area contributed by atoms with E-state index in [9.17, 15) is 13.6 Å². The molecule has 1 aliphatic rings. The van der Waals surface area contributed by atoms with Crippen LogP contribution in [0.1, 0.15) is 24.0 Å². The summed E-state index contributed by atoms with van der Waals surface area (Å²) in [4.78, 5) is 14.2. The maximum atomic E-state index is 13.3. The molecule has 1 aliphatic heterocycles. The first-order valence-corrected chi connectivity index (χ1v) is 8.80. The van der Waals surface area contributed by atoms with E-state index in [4.69, 9.17) is 0 Å². The summed E-state index contributed by atoms with van der Waals surface area (Å²) in [6.07, 6.45) is 5.04. The van der Waals surface area contributed by atoms with E-state index in [1.165, 1.54) is 6.07 Å². The zero-order chi connectivity index (χ0) is 18.4. The number of piperidine rings is 1. The van der Waals surface area contributed by atoms with Gasteiger partial charge in [0.05, 0.1) is 0 Å². The van der Waals surface area contributed by atoms with Gasteiger partial charge in [0.25, 0.3) is 0 Å². The summed E-state index contributed by atoms with van der Waals surface area (Å²) >= 11 is 0. The number of carbonyl (C=O) groups is 1. The minimum Gasteiger partial charge on any atom is -0.350 e. The molecular weight excluding hydrogens is 334 g/mol. The largest absolute Gasteiger partial charge is 0.350 e. The van der Waals surface area contributed by atoms with Gasteiger partial charge in [-0.05, 0) is 42.2 Å². The molecule has 0 radical (unpaired) electrons. The molecule has 26 heavy (non-hydrogen) atoms. The van der Waals surface area contributed by atoms with Gasteiger partial charge in [-0.3, -0.25) is 9.69 Å². The molecule has 0 aliphatic carbocycles. The highest BCUT2D eigenvalue weighted by molar-refractivity contribution is 5.91. The van der Waals surface area contributed by atoms with E-state index < -0.39 is 11.6 Å². The monoisotopic (exact) mass is 356 g/mol. The third-order valence-electron chi connectivity index (χ3n) is 4.55. The quantitative estimate of drug-likeness (QED) is 0.828. The van der Waals surface area contributed by atoms with Crippen LogP contribution in [0.4, 0.5) is 8.78 Å². The zero-order valence-electron chi connectivity index (χ0n) is 14.5. The highest BCUT2D eigenvalue weighted by Crippen LogP contribution is 2.16. The van der Waals surface area contributed by atoms with E-state index in [2.05, 4.69) is 10.2 Å². The van der Waals surface area contributed by atoms with Crippen LogP contribution in [0.15, 0.2) is 54.6 Å². The Hall–Kier alpha value is -2.53. The Kier molecular flexibility index (Phi) is 6.12. The second-order valence-corrected chi connectivity index (χ2v) is 6.55. The molecule has 1 amide bonds. The molecule has 2 aromatic rings. The molecule has 0 aromatic heterocycles. The summed E-state index contributed by atoms with van der Waals surface area (Å²) in [6.45, 7) is 2.21. The SMILES string of the molecule is O=C(/C=C/c1ccccc1)NC1CCN(Cc2ccc(F)c(F)c2)CC1. The summed E-state index contributed by atoms with van der Waals surface area (Å²) in [7, 11) is 0. The smallest absolute Gasteiger partial charge is 0.244 e. The molecule has 0 saturated carbocycles. The van der Waals surface area contributed by atoms with E-state index in [1.54, 1.807) is 18.2 Å². The number of rotatable bonds is 5. The molecule has 1 fully saturated rings. The summed E-state index contributed by atoms with van der Waals surface area (Å²) in [5, 5.41) is 3.03. The number of amides is 1. The van der Waals surface area contributed by atoms with Crippen LogP contribution in [0.3, 0.4) is 0 Å². The highest BCUT2D eigenvalue weighted by Gasteiger charge is 2.20. The standard InChI is InChI=1S/C21H22F2N2O/c22-19-8-6-17(14-20(19)23)15-25-12-10-18(11-13-25)24-21(26)9-7-16-4-2-1-3-5-16/h1-9,14,18H,10-13,15H2,(H,24,26)/b9-7+. The van der Waals surface area contributed by atoms with E-state index in [1.807, 2.05) is 30.3 Å². The zero-order valence-corrected chi connectivity index (χ0v) is 14.5. The number of nitrogens with zero attached hydrogens (tertiary/aromatic N) is 1. The number of halogens is 2. The minimum absolute atomic E-state index is 0.0899. The lowest BCUT2D eigenvalue weighted by Gasteiger charge is -2.32. The van der Waals surface area contributed by atoms with Gasteiger partial charge in [0.15, 0.2) is 11.6 Å². The van der Waals surface area contributed by atoms with Gasteiger partial charge in [-0.25, -0.2) is 8.78 Å². The molecular formula is C21H22F2N2O. The van der Waals surface area contributed by atoms with Crippen LogP contribution < -0.4 is 5.32 Å². The Bertz CT molecular complexity index is 769. The third-order valence-corrected chi connectivity index (χ3v) is 4.55. The molecule has 0 atom stereocenters. The van der Waals surface area contributed by atoms with Crippen molar-refractivity contribution in [2.75, 3.05) is 13.1 Å². The third kappa shape index (κ3) is 5.23. The number of likely N-dealkylation sites (tertiary alicyclic amines) is 1. The van der Waals surface area contributed by atoms with Crippen molar-refractivity contribution < 1.29 is 13.6 Å². The first kappa shape index (κ1) is 18.3. The van der Waals surface area contributed by atoms with Crippen molar-refractivity contribution in [3.63, 3.8) is 0 Å². The number of hydrogen-bond acceptors (Lipinski definition) is 2. The van der Waals surface area contributed by atoms with Crippen molar-refractivity contribution >= 4 is 12.0 Å². The predicted octanol–water partition coefficient (Wildman–Crippen LogP) is 3.76. The number of nitrogens with one attached hydrogen (secondary N) is 1. The number of carbonyl (C=O) groups excluding carboxylic acids is 1. The lowest BCUT2D eigenvalue weighted by atomic mass is 10.0. The van der Waals surface area contributed by atoms with Gasteiger partial charge in [-0.2, -0.15) is 0 Å². The molecule has 1 heterocycles. The maximum absolute atomic E-state index is 13.3. The van der Waals surface area contributed by atoms with Crippen molar-refractivity contribution in [1.82, 2.24) is 10.2 Å². The van der Waals surface area contributed by atoms with Crippen LogP contribution in [-0.4, -0.2) is 29.9 Å². The van der Waals surface area contributed by atoms with Gasteiger partial charge in [0.1, 0.15) is 0 Å². The summed E-state index contributed by atoms with van der Waals surface area (Å²) in [6, 6.07) is 13.9. The summed E-state index contributed by atoms with van der Waals surface area (Å²) in [5.74, 6) is -1.72. The normalized spacial score (nSPS) is 16.1. The Labute approximate surface area is 152 Å². The lowest BCUT2D eigenvalue weighted by Crippen LogP contribution is -2.43. The Balaban J connectivity index is 1.44. The minimum atomic E-state index is -0.821. The van der Waals surface area contributed by atoms with E-state index >= 15 is 0 Å². The lowest BCUT2D eigenvalue weighted by molar-refractivity contribution is -0.117. The average Bonchev–Trinajstić information content (AvgIpc) is 2.65. The van der Waals surface area contributed by atoms with Crippen molar-refractivity contribution in [1.29, 1.82) is 0 Å². The average molecular weight is 356 g/mol. The molecule has 3 rings (SSSR count). The van der Waals surface area contributed by atoms with Crippen LogP contribution in [0.2, 0.25) is 0 Å². The van der Waals surface area contributed by atoms with Crippen molar-refractivity contribution in [2.24, 2.45) is 0 Å². The van der Waals surface area contributed by atoms with Crippen molar-refractivity contribution in [3.8, 4) is 0 Å². The van der Waals surface area contributed by atoms with Crippen LogP contribution in [0, 0.1) is 11.6 Å². The van der Waals surface area contributed by atoms with Crippen molar-refractivity contribution in [3.05, 3.63) is 77.4 Å². The molecule has 1 saturated heterocycles. The first-order chi connectivity index (χ1) is 12.6. The Morgan fingerprint density at radius 3 is 2.50 bits per heavy atom. The molecule has 0 bridgehead atoms. The number of hydrogen-bond donors (Lipinski definition) is 1. The van der Waals surface area contributed by atoms with Crippen LogP contribution in [-0.2, 0) is 11.3 Å². The molecule has 0 unspecified atom stereocenters. The molecule has 0 spiro atoms. The fraction of sp³-hybridized carbons (Fsp3) is 0.286. The number of benzene rings is 2. The fourth-order valence-corrected chi connectivity index (χ4v) is 3.12. The van der Waals surface area contributed by atoms with Crippen LogP contribution >= 0.6 is 0 Å². The Morgan fingerprint density at radius 1 is 1.08 bits per heavy atom. The first-order valence-electron chi connectivity index (χ1n) is 8.80. The van der Waals surface area contributed by atoms with E-state index in [-0.39, 0.29) is 11.9 Å². The maximum Gasteiger partial charge on any atom is 0.244 e. The molecule has 5 heteroatoms. The topological polar surface area (TPSA) is 32.3 Å². The molecule has 2 aromatic carbocycles. The van der Waals surface area contributed by atoms with Gasteiger partial charge in [-0.1, -0.05) is 36.4 Å². The molecule has 136 valence electrons. The molecule has 1 N–H and O–H groups in total.